The third-order valence-corrected chi connectivity index (χ3v) is 2.16. The molecule has 0 fully saturated rings. The first-order chi connectivity index (χ1) is 8.69. The SMILES string of the molecule is N#Cc1cccc(Oc2ccc(C(=O)O)cc2)n1. The van der Waals surface area contributed by atoms with Crippen LogP contribution >= 0.6 is 0 Å². The van der Waals surface area contributed by atoms with E-state index in [0.717, 1.165) is 0 Å². The van der Waals surface area contributed by atoms with E-state index in [4.69, 9.17) is 15.1 Å². The summed E-state index contributed by atoms with van der Waals surface area (Å²) in [5.74, 6) is -0.245. The molecule has 5 heteroatoms. The zero-order valence-corrected chi connectivity index (χ0v) is 9.20. The fourth-order valence-corrected chi connectivity index (χ4v) is 1.32. The molecular weight excluding hydrogens is 232 g/mol. The lowest BCUT2D eigenvalue weighted by Gasteiger charge is -2.04. The molecule has 1 N–H and O–H groups in total. The van der Waals surface area contributed by atoms with Gasteiger partial charge in [-0.15, -0.1) is 0 Å². The second-order valence-corrected chi connectivity index (χ2v) is 3.40. The molecule has 5 nitrogen and oxygen atoms in total. The number of carboxylic acids is 1. The van der Waals surface area contributed by atoms with Crippen LogP contribution in [-0.2, 0) is 0 Å². The van der Waals surface area contributed by atoms with Crippen LogP contribution in [0.15, 0.2) is 42.5 Å². The van der Waals surface area contributed by atoms with Crippen molar-refractivity contribution in [2.45, 2.75) is 0 Å². The maximum Gasteiger partial charge on any atom is 0.335 e. The van der Waals surface area contributed by atoms with Crippen molar-refractivity contribution in [2.24, 2.45) is 0 Å². The minimum Gasteiger partial charge on any atom is -0.478 e. The van der Waals surface area contributed by atoms with Crippen LogP contribution in [0.4, 0.5) is 0 Å². The Morgan fingerprint density at radius 3 is 2.56 bits per heavy atom. The predicted octanol–water partition coefficient (Wildman–Crippen LogP) is 2.44. The second-order valence-electron chi connectivity index (χ2n) is 3.40. The van der Waals surface area contributed by atoms with Gasteiger partial charge in [0, 0.05) is 6.07 Å². The van der Waals surface area contributed by atoms with Crippen LogP contribution in [0.2, 0.25) is 0 Å². The van der Waals surface area contributed by atoms with Gasteiger partial charge < -0.3 is 9.84 Å². The van der Waals surface area contributed by atoms with Crippen molar-refractivity contribution < 1.29 is 14.6 Å². The summed E-state index contributed by atoms with van der Waals surface area (Å²) >= 11 is 0. The average molecular weight is 240 g/mol. The first-order valence-corrected chi connectivity index (χ1v) is 5.07. The molecule has 0 saturated carbocycles. The zero-order valence-electron chi connectivity index (χ0n) is 9.20. The van der Waals surface area contributed by atoms with E-state index in [-0.39, 0.29) is 17.1 Å². The summed E-state index contributed by atoms with van der Waals surface area (Å²) in [6, 6.07) is 12.7. The van der Waals surface area contributed by atoms with Gasteiger partial charge >= 0.3 is 5.97 Å². The summed E-state index contributed by atoms with van der Waals surface area (Å²) in [6.07, 6.45) is 0. The quantitative estimate of drug-likeness (QED) is 0.890. The molecule has 0 saturated heterocycles. The van der Waals surface area contributed by atoms with Crippen molar-refractivity contribution in [3.63, 3.8) is 0 Å². The van der Waals surface area contributed by atoms with Crippen LogP contribution in [0.1, 0.15) is 16.1 Å². The maximum absolute atomic E-state index is 10.7. The normalized spacial score (nSPS) is 9.50. The minimum absolute atomic E-state index is 0.182. The van der Waals surface area contributed by atoms with E-state index >= 15 is 0 Å². The van der Waals surface area contributed by atoms with Crippen LogP contribution in [0, 0.1) is 11.3 Å². The molecule has 0 aliphatic heterocycles. The summed E-state index contributed by atoms with van der Waals surface area (Å²) in [7, 11) is 0. The molecule has 0 spiro atoms. The van der Waals surface area contributed by atoms with E-state index in [1.807, 2.05) is 6.07 Å². The number of hydrogen-bond acceptors (Lipinski definition) is 4. The van der Waals surface area contributed by atoms with Gasteiger partial charge in [-0.05, 0) is 30.3 Å². The number of nitriles is 1. The van der Waals surface area contributed by atoms with Gasteiger partial charge in [0.25, 0.3) is 0 Å². The Balaban J connectivity index is 2.18. The number of carboxylic acid groups (broad SMARTS) is 1. The Morgan fingerprint density at radius 2 is 1.94 bits per heavy atom. The summed E-state index contributed by atoms with van der Waals surface area (Å²) in [4.78, 5) is 14.6. The van der Waals surface area contributed by atoms with Gasteiger partial charge in [-0.25, -0.2) is 9.78 Å². The van der Waals surface area contributed by atoms with Gasteiger partial charge in [0.05, 0.1) is 5.56 Å². The predicted molar refractivity (Wildman–Crippen MR) is 62.4 cm³/mol. The van der Waals surface area contributed by atoms with Gasteiger partial charge in [-0.2, -0.15) is 5.26 Å². The number of aromatic carboxylic acids is 1. The van der Waals surface area contributed by atoms with Crippen LogP contribution in [-0.4, -0.2) is 16.1 Å². The van der Waals surface area contributed by atoms with Gasteiger partial charge in [-0.1, -0.05) is 6.07 Å². The van der Waals surface area contributed by atoms with Crippen molar-refractivity contribution in [2.75, 3.05) is 0 Å². The number of pyridine rings is 1. The molecule has 0 unspecified atom stereocenters. The second kappa shape index (κ2) is 4.97. The van der Waals surface area contributed by atoms with E-state index in [1.165, 1.54) is 24.3 Å². The summed E-state index contributed by atoms with van der Waals surface area (Å²) in [5.41, 5.74) is 0.441. The molecule has 1 aromatic carbocycles. The van der Waals surface area contributed by atoms with E-state index in [1.54, 1.807) is 18.2 Å². The van der Waals surface area contributed by atoms with E-state index in [9.17, 15) is 4.79 Å². The van der Waals surface area contributed by atoms with Crippen molar-refractivity contribution in [3.05, 3.63) is 53.7 Å². The minimum atomic E-state index is -0.994. The Bertz CT molecular complexity index is 615. The Labute approximate surface area is 103 Å². The standard InChI is InChI=1S/C13H8N2O3/c14-8-10-2-1-3-12(15-10)18-11-6-4-9(5-7-11)13(16)17/h1-7H,(H,16,17). The average Bonchev–Trinajstić information content (AvgIpc) is 2.39. The van der Waals surface area contributed by atoms with E-state index in [0.29, 0.717) is 5.75 Å². The van der Waals surface area contributed by atoms with Gasteiger partial charge in [0.2, 0.25) is 5.88 Å². The number of carbonyl (C=O) groups is 1. The monoisotopic (exact) mass is 240 g/mol. The van der Waals surface area contributed by atoms with Crippen LogP contribution in [0.3, 0.4) is 0 Å². The molecule has 88 valence electrons. The lowest BCUT2D eigenvalue weighted by Crippen LogP contribution is -1.95. The van der Waals surface area contributed by atoms with Crippen LogP contribution in [0.5, 0.6) is 11.6 Å². The number of benzene rings is 1. The molecule has 2 rings (SSSR count). The lowest BCUT2D eigenvalue weighted by atomic mass is 10.2. The molecule has 0 bridgehead atoms. The van der Waals surface area contributed by atoms with Crippen molar-refractivity contribution in [1.29, 1.82) is 5.26 Å². The molecule has 0 amide bonds. The first-order valence-electron chi connectivity index (χ1n) is 5.07. The zero-order chi connectivity index (χ0) is 13.0. The number of ether oxygens (including phenoxy) is 1. The molecule has 0 aliphatic carbocycles. The molecule has 1 heterocycles. The third kappa shape index (κ3) is 2.62. The Hall–Kier alpha value is -2.87. The topological polar surface area (TPSA) is 83.2 Å². The molecule has 18 heavy (non-hydrogen) atoms. The van der Waals surface area contributed by atoms with Gasteiger partial charge in [-0.3, -0.25) is 0 Å². The number of aromatic nitrogens is 1. The summed E-state index contributed by atoms with van der Waals surface area (Å²) in [5, 5.41) is 17.4. The molecule has 1 aromatic heterocycles. The third-order valence-electron chi connectivity index (χ3n) is 2.16. The number of rotatable bonds is 3. The Morgan fingerprint density at radius 1 is 1.22 bits per heavy atom. The largest absolute Gasteiger partial charge is 0.478 e. The summed E-state index contributed by atoms with van der Waals surface area (Å²) < 4.78 is 5.40. The maximum atomic E-state index is 10.7. The lowest BCUT2D eigenvalue weighted by molar-refractivity contribution is 0.0697. The van der Waals surface area contributed by atoms with Crippen LogP contribution < -0.4 is 4.74 Å². The molecule has 0 aliphatic rings. The van der Waals surface area contributed by atoms with E-state index < -0.39 is 5.97 Å². The van der Waals surface area contributed by atoms with Crippen LogP contribution in [0.25, 0.3) is 0 Å². The highest BCUT2D eigenvalue weighted by atomic mass is 16.5. The molecule has 2 aromatic rings. The van der Waals surface area contributed by atoms with Crippen molar-refractivity contribution >= 4 is 5.97 Å². The number of nitrogens with zero attached hydrogens (tertiary/aromatic N) is 2. The van der Waals surface area contributed by atoms with Gasteiger partial charge in [0.15, 0.2) is 0 Å². The van der Waals surface area contributed by atoms with Crippen molar-refractivity contribution in [1.82, 2.24) is 4.98 Å². The van der Waals surface area contributed by atoms with Gasteiger partial charge in [0.1, 0.15) is 17.5 Å². The molecule has 0 radical (unpaired) electrons. The highest BCUT2D eigenvalue weighted by molar-refractivity contribution is 5.87. The summed E-state index contributed by atoms with van der Waals surface area (Å²) in [6.45, 7) is 0. The van der Waals surface area contributed by atoms with E-state index in [2.05, 4.69) is 4.98 Å². The highest BCUT2D eigenvalue weighted by Crippen LogP contribution is 2.19. The smallest absolute Gasteiger partial charge is 0.335 e. The molecular formula is C13H8N2O3. The van der Waals surface area contributed by atoms with Crippen molar-refractivity contribution in [3.8, 4) is 17.7 Å². The number of hydrogen-bond donors (Lipinski definition) is 1. The fraction of sp³-hybridized carbons (Fsp3) is 0. The highest BCUT2D eigenvalue weighted by Gasteiger charge is 2.04. The first kappa shape index (κ1) is 11.6. The Kier molecular flexibility index (Phi) is 3.21. The molecule has 0 atom stereocenters. The fourth-order valence-electron chi connectivity index (χ4n) is 1.32.